The minimum atomic E-state index is -0.564. The van der Waals surface area contributed by atoms with E-state index in [1.807, 2.05) is 13.8 Å². The monoisotopic (exact) mass is 382 g/mol. The van der Waals surface area contributed by atoms with Gasteiger partial charge in [-0.2, -0.15) is 0 Å². The summed E-state index contributed by atoms with van der Waals surface area (Å²) in [6.45, 7) is 8.30. The Morgan fingerprint density at radius 2 is 1.44 bits per heavy atom. The quantitative estimate of drug-likeness (QED) is 0.287. The number of carbonyl (C=O) groups is 3. The molecule has 0 radical (unpaired) electrons. The molecule has 2 N–H and O–H groups in total. The van der Waals surface area contributed by atoms with Crippen molar-refractivity contribution in [3.63, 3.8) is 0 Å². The van der Waals surface area contributed by atoms with E-state index in [-0.39, 0.29) is 17.7 Å². The van der Waals surface area contributed by atoms with Crippen LogP contribution in [-0.4, -0.2) is 30.2 Å². The number of nitrogens with one attached hydrogen (secondary N) is 2. The van der Waals surface area contributed by atoms with Crippen molar-refractivity contribution in [3.05, 3.63) is 0 Å². The average molecular weight is 383 g/mol. The molecule has 0 heterocycles. The number of carbonyl (C=O) groups excluding carboxylic acids is 3. The van der Waals surface area contributed by atoms with Crippen molar-refractivity contribution in [2.45, 2.75) is 117 Å². The fourth-order valence-corrected chi connectivity index (χ4v) is 3.09. The van der Waals surface area contributed by atoms with Gasteiger partial charge < -0.3 is 15.4 Å². The zero-order chi connectivity index (χ0) is 20.5. The van der Waals surface area contributed by atoms with Crippen molar-refractivity contribution >= 4 is 18.1 Å². The molecule has 0 aliphatic rings. The van der Waals surface area contributed by atoms with Gasteiger partial charge in [0.2, 0.25) is 11.8 Å². The molecule has 27 heavy (non-hydrogen) atoms. The zero-order valence-electron chi connectivity index (χ0n) is 18.0. The van der Waals surface area contributed by atoms with Crippen molar-refractivity contribution in [1.82, 2.24) is 10.6 Å². The van der Waals surface area contributed by atoms with E-state index in [0.717, 1.165) is 32.0 Å². The first-order chi connectivity index (χ1) is 12.9. The van der Waals surface area contributed by atoms with Crippen LogP contribution in [0.2, 0.25) is 0 Å². The van der Waals surface area contributed by atoms with Crippen LogP contribution in [0.25, 0.3) is 0 Å². The number of amides is 2. The summed E-state index contributed by atoms with van der Waals surface area (Å²) in [5.41, 5.74) is 0. The molecule has 2 amide bonds. The van der Waals surface area contributed by atoms with Crippen LogP contribution in [0.4, 0.5) is 0 Å². The molecule has 0 aliphatic carbocycles. The molecule has 0 aromatic carbocycles. The molecule has 0 spiro atoms. The average Bonchev–Trinajstić information content (AvgIpc) is 2.63. The molecule has 0 aromatic heterocycles. The Hall–Kier alpha value is -1.39. The SMILES string of the molecule is CCCCCCCCCC(=O)N[C@@H](CC(C)C)C(=O)N[C@H](C=O)CCCC. The Kier molecular flexibility index (Phi) is 15.9. The van der Waals surface area contributed by atoms with Gasteiger partial charge in [-0.3, -0.25) is 9.59 Å². The van der Waals surface area contributed by atoms with Crippen LogP contribution in [0.15, 0.2) is 0 Å². The second-order valence-electron chi connectivity index (χ2n) is 8.01. The Morgan fingerprint density at radius 3 is 2.00 bits per heavy atom. The van der Waals surface area contributed by atoms with E-state index in [9.17, 15) is 14.4 Å². The molecule has 0 saturated carbocycles. The van der Waals surface area contributed by atoms with Crippen molar-refractivity contribution in [1.29, 1.82) is 0 Å². The van der Waals surface area contributed by atoms with Crippen molar-refractivity contribution in [2.75, 3.05) is 0 Å². The van der Waals surface area contributed by atoms with Crippen LogP contribution in [0, 0.1) is 5.92 Å². The lowest BCUT2D eigenvalue weighted by molar-refractivity contribution is -0.130. The first kappa shape index (κ1) is 25.6. The highest BCUT2D eigenvalue weighted by atomic mass is 16.2. The minimum absolute atomic E-state index is 0.0689. The molecular formula is C22H42N2O3. The fourth-order valence-electron chi connectivity index (χ4n) is 3.09. The Bertz CT molecular complexity index is 410. The Labute approximate surface area is 166 Å². The maximum absolute atomic E-state index is 12.5. The largest absolute Gasteiger partial charge is 0.345 e. The van der Waals surface area contributed by atoms with Crippen molar-refractivity contribution in [3.8, 4) is 0 Å². The van der Waals surface area contributed by atoms with Crippen molar-refractivity contribution < 1.29 is 14.4 Å². The minimum Gasteiger partial charge on any atom is -0.345 e. The summed E-state index contributed by atoms with van der Waals surface area (Å²) in [4.78, 5) is 36.0. The summed E-state index contributed by atoms with van der Waals surface area (Å²) in [5, 5.41) is 5.66. The van der Waals surface area contributed by atoms with Crippen LogP contribution in [0.1, 0.15) is 105 Å². The third-order valence-electron chi connectivity index (χ3n) is 4.73. The fraction of sp³-hybridized carbons (Fsp3) is 0.864. The predicted octanol–water partition coefficient (Wildman–Crippen LogP) is 4.53. The van der Waals surface area contributed by atoms with Gasteiger partial charge in [0, 0.05) is 6.42 Å². The highest BCUT2D eigenvalue weighted by Gasteiger charge is 2.23. The normalized spacial score (nSPS) is 13.2. The highest BCUT2D eigenvalue weighted by molar-refractivity contribution is 5.89. The van der Waals surface area contributed by atoms with Crippen molar-refractivity contribution in [2.24, 2.45) is 5.92 Å². The lowest BCUT2D eigenvalue weighted by Gasteiger charge is -2.22. The van der Waals surface area contributed by atoms with Gasteiger partial charge in [0.15, 0.2) is 0 Å². The van der Waals surface area contributed by atoms with Gasteiger partial charge in [-0.15, -0.1) is 0 Å². The summed E-state index contributed by atoms with van der Waals surface area (Å²) in [7, 11) is 0. The number of aldehydes is 1. The van der Waals surface area contributed by atoms with Gasteiger partial charge in [-0.1, -0.05) is 79.1 Å². The van der Waals surface area contributed by atoms with E-state index in [2.05, 4.69) is 24.5 Å². The van der Waals surface area contributed by atoms with Gasteiger partial charge >= 0.3 is 0 Å². The van der Waals surface area contributed by atoms with Crippen LogP contribution >= 0.6 is 0 Å². The van der Waals surface area contributed by atoms with E-state index in [1.165, 1.54) is 32.1 Å². The molecule has 0 saturated heterocycles. The van der Waals surface area contributed by atoms with Gasteiger partial charge in [-0.25, -0.2) is 0 Å². The third kappa shape index (κ3) is 14.3. The van der Waals surface area contributed by atoms with E-state index < -0.39 is 12.1 Å². The first-order valence-electron chi connectivity index (χ1n) is 11.0. The van der Waals surface area contributed by atoms with Gasteiger partial charge in [0.05, 0.1) is 6.04 Å². The van der Waals surface area contributed by atoms with Crippen LogP contribution in [0.3, 0.4) is 0 Å². The third-order valence-corrected chi connectivity index (χ3v) is 4.73. The molecule has 0 aromatic rings. The molecular weight excluding hydrogens is 340 g/mol. The smallest absolute Gasteiger partial charge is 0.243 e. The van der Waals surface area contributed by atoms with Gasteiger partial charge in [-0.05, 0) is 25.2 Å². The summed E-state index contributed by atoms with van der Waals surface area (Å²) in [5.74, 6) is -0.0321. The molecule has 0 aliphatic heterocycles. The van der Waals surface area contributed by atoms with E-state index >= 15 is 0 Å². The maximum atomic E-state index is 12.5. The first-order valence-corrected chi connectivity index (χ1v) is 11.0. The molecule has 0 rings (SSSR count). The second-order valence-corrected chi connectivity index (χ2v) is 8.01. The molecule has 5 heteroatoms. The summed E-state index contributed by atoms with van der Waals surface area (Å²) >= 11 is 0. The number of unbranched alkanes of at least 4 members (excludes halogenated alkanes) is 7. The van der Waals surface area contributed by atoms with Gasteiger partial charge in [0.25, 0.3) is 0 Å². The lowest BCUT2D eigenvalue weighted by Crippen LogP contribution is -2.50. The second kappa shape index (κ2) is 16.8. The summed E-state index contributed by atoms with van der Waals surface area (Å²) in [6, 6.07) is -1.03. The number of hydrogen-bond donors (Lipinski definition) is 2. The number of hydrogen-bond acceptors (Lipinski definition) is 3. The van der Waals surface area contributed by atoms with Crippen LogP contribution < -0.4 is 10.6 Å². The number of rotatable bonds is 17. The Balaban J connectivity index is 4.35. The molecule has 0 bridgehead atoms. The van der Waals surface area contributed by atoms with E-state index in [1.54, 1.807) is 0 Å². The van der Waals surface area contributed by atoms with Crippen LogP contribution in [-0.2, 0) is 14.4 Å². The Morgan fingerprint density at radius 1 is 0.852 bits per heavy atom. The van der Waals surface area contributed by atoms with E-state index in [4.69, 9.17) is 0 Å². The molecule has 0 fully saturated rings. The summed E-state index contributed by atoms with van der Waals surface area (Å²) in [6.07, 6.45) is 12.5. The molecule has 5 nitrogen and oxygen atoms in total. The highest BCUT2D eigenvalue weighted by Crippen LogP contribution is 2.10. The van der Waals surface area contributed by atoms with E-state index in [0.29, 0.717) is 19.3 Å². The topological polar surface area (TPSA) is 75.3 Å². The summed E-state index contributed by atoms with van der Waals surface area (Å²) < 4.78 is 0. The zero-order valence-corrected chi connectivity index (χ0v) is 18.0. The lowest BCUT2D eigenvalue weighted by atomic mass is 10.0. The molecule has 2 atom stereocenters. The maximum Gasteiger partial charge on any atom is 0.243 e. The van der Waals surface area contributed by atoms with Crippen LogP contribution in [0.5, 0.6) is 0 Å². The predicted molar refractivity (Wildman–Crippen MR) is 112 cm³/mol. The molecule has 0 unspecified atom stereocenters. The molecule has 158 valence electrons. The standard InChI is InChI=1S/C22H42N2O3/c1-5-7-9-10-11-12-13-15-21(26)24-20(16-18(3)4)22(27)23-19(17-25)14-8-6-2/h17-20H,5-16H2,1-4H3,(H,23,27)(H,24,26)/t19-,20-/m0/s1. The van der Waals surface area contributed by atoms with Gasteiger partial charge in [0.1, 0.15) is 12.3 Å².